The van der Waals surface area contributed by atoms with Crippen LogP contribution in [0.5, 0.6) is 5.88 Å². The third-order valence-corrected chi connectivity index (χ3v) is 3.23. The number of aromatic nitrogens is 2. The molecule has 0 amide bonds. The number of nitrogens with zero attached hydrogens (tertiary/aromatic N) is 2. The first kappa shape index (κ1) is 13.8. The van der Waals surface area contributed by atoms with Crippen LogP contribution in [0.3, 0.4) is 0 Å². The third-order valence-electron chi connectivity index (χ3n) is 3.23. The zero-order valence-corrected chi connectivity index (χ0v) is 12.6. The summed E-state index contributed by atoms with van der Waals surface area (Å²) >= 11 is 0. The van der Waals surface area contributed by atoms with E-state index >= 15 is 0 Å². The van der Waals surface area contributed by atoms with Crippen molar-refractivity contribution >= 4 is 11.0 Å². The van der Waals surface area contributed by atoms with Gasteiger partial charge in [-0.05, 0) is 23.6 Å². The van der Waals surface area contributed by atoms with Crippen molar-refractivity contribution in [1.29, 1.82) is 0 Å². The first-order chi connectivity index (χ1) is 8.82. The molecule has 0 saturated carbocycles. The number of rotatable bonds is 2. The van der Waals surface area contributed by atoms with Crippen molar-refractivity contribution in [3.05, 3.63) is 29.5 Å². The van der Waals surface area contributed by atoms with E-state index in [9.17, 15) is 0 Å². The van der Waals surface area contributed by atoms with Crippen LogP contribution in [-0.4, -0.2) is 17.1 Å². The number of ether oxygens (including phenoxy) is 1. The smallest absolute Gasteiger partial charge is 0.236 e. The maximum absolute atomic E-state index is 5.41. The van der Waals surface area contributed by atoms with Crippen molar-refractivity contribution in [3.8, 4) is 5.88 Å². The van der Waals surface area contributed by atoms with E-state index in [1.807, 2.05) is 6.07 Å². The van der Waals surface area contributed by atoms with Crippen LogP contribution < -0.4 is 4.74 Å². The Morgan fingerprint density at radius 3 is 2.26 bits per heavy atom. The van der Waals surface area contributed by atoms with Gasteiger partial charge in [-0.25, -0.2) is 9.97 Å². The lowest BCUT2D eigenvalue weighted by Crippen LogP contribution is -2.16. The molecule has 0 spiro atoms. The van der Waals surface area contributed by atoms with E-state index in [1.165, 1.54) is 5.56 Å². The molecule has 0 unspecified atom stereocenters. The van der Waals surface area contributed by atoms with Gasteiger partial charge in [0.25, 0.3) is 0 Å². The molecule has 0 bridgehead atoms. The molecule has 1 aromatic carbocycles. The molecule has 1 heterocycles. The molecule has 0 aliphatic rings. The maximum atomic E-state index is 5.41. The van der Waals surface area contributed by atoms with E-state index in [0.717, 1.165) is 16.7 Å². The highest BCUT2D eigenvalue weighted by atomic mass is 16.5. The molecule has 3 heteroatoms. The third kappa shape index (κ3) is 2.70. The van der Waals surface area contributed by atoms with Gasteiger partial charge < -0.3 is 4.74 Å². The second-order valence-electron chi connectivity index (χ2n) is 6.23. The molecule has 2 aromatic rings. The molecule has 2 rings (SSSR count). The Kier molecular flexibility index (Phi) is 3.48. The van der Waals surface area contributed by atoms with Crippen LogP contribution in [0.4, 0.5) is 0 Å². The zero-order valence-electron chi connectivity index (χ0n) is 12.6. The fourth-order valence-electron chi connectivity index (χ4n) is 2.05. The minimum absolute atomic E-state index is 0.0801. The van der Waals surface area contributed by atoms with E-state index in [2.05, 4.69) is 51.7 Å². The van der Waals surface area contributed by atoms with Crippen molar-refractivity contribution in [1.82, 2.24) is 9.97 Å². The summed E-state index contributed by atoms with van der Waals surface area (Å²) in [5.41, 5.74) is 3.92. The lowest BCUT2D eigenvalue weighted by Gasteiger charge is -2.20. The van der Waals surface area contributed by atoms with Gasteiger partial charge in [0.05, 0.1) is 18.1 Å². The van der Waals surface area contributed by atoms with Gasteiger partial charge in [-0.3, -0.25) is 0 Å². The molecule has 1 aromatic heterocycles. The van der Waals surface area contributed by atoms with Crippen LogP contribution >= 0.6 is 0 Å². The molecular weight excluding hydrogens is 236 g/mol. The summed E-state index contributed by atoms with van der Waals surface area (Å²) in [6.45, 7) is 10.7. The number of hydrogen-bond acceptors (Lipinski definition) is 3. The molecule has 102 valence electrons. The second-order valence-corrected chi connectivity index (χ2v) is 6.23. The van der Waals surface area contributed by atoms with E-state index in [-0.39, 0.29) is 5.41 Å². The van der Waals surface area contributed by atoms with Gasteiger partial charge in [0, 0.05) is 5.41 Å². The average Bonchev–Trinajstić information content (AvgIpc) is 2.35. The van der Waals surface area contributed by atoms with Crippen LogP contribution in [-0.2, 0) is 5.41 Å². The van der Waals surface area contributed by atoms with Gasteiger partial charge in [-0.1, -0.05) is 40.7 Å². The Balaban J connectivity index is 2.67. The van der Waals surface area contributed by atoms with Gasteiger partial charge in [-0.15, -0.1) is 0 Å². The fourth-order valence-corrected chi connectivity index (χ4v) is 2.05. The topological polar surface area (TPSA) is 35.0 Å². The van der Waals surface area contributed by atoms with Crippen molar-refractivity contribution in [2.24, 2.45) is 0 Å². The maximum Gasteiger partial charge on any atom is 0.236 e. The Morgan fingerprint density at radius 2 is 1.74 bits per heavy atom. The Bertz CT molecular complexity index is 597. The highest BCUT2D eigenvalue weighted by molar-refractivity contribution is 5.76. The summed E-state index contributed by atoms with van der Waals surface area (Å²) in [4.78, 5) is 9.35. The molecule has 0 atom stereocenters. The number of hydrogen-bond donors (Lipinski definition) is 0. The number of fused-ring (bicyclic) bond motifs is 1. The van der Waals surface area contributed by atoms with Crippen LogP contribution in [0.15, 0.2) is 18.2 Å². The standard InChI is InChI=1S/C16H22N2O/c1-10(2)11-7-8-12-13(9-11)18-15(19-6)14(17-12)16(3,4)5/h7-10H,1-6H3. The van der Waals surface area contributed by atoms with Crippen molar-refractivity contribution in [2.75, 3.05) is 7.11 Å². The fraction of sp³-hybridized carbons (Fsp3) is 0.500. The lowest BCUT2D eigenvalue weighted by molar-refractivity contribution is 0.377. The largest absolute Gasteiger partial charge is 0.480 e. The molecule has 0 saturated heterocycles. The predicted molar refractivity (Wildman–Crippen MR) is 78.9 cm³/mol. The monoisotopic (exact) mass is 258 g/mol. The van der Waals surface area contributed by atoms with E-state index in [0.29, 0.717) is 11.8 Å². The summed E-state index contributed by atoms with van der Waals surface area (Å²) < 4.78 is 5.41. The minimum Gasteiger partial charge on any atom is -0.480 e. The normalized spacial score (nSPS) is 12.2. The molecule has 0 aliphatic heterocycles. The summed E-state index contributed by atoms with van der Waals surface area (Å²) in [6.07, 6.45) is 0. The van der Waals surface area contributed by atoms with Gasteiger partial charge in [0.2, 0.25) is 5.88 Å². The quantitative estimate of drug-likeness (QED) is 0.814. The predicted octanol–water partition coefficient (Wildman–Crippen LogP) is 4.06. The Labute approximate surface area is 115 Å². The molecule has 0 radical (unpaired) electrons. The second kappa shape index (κ2) is 4.80. The van der Waals surface area contributed by atoms with Crippen molar-refractivity contribution in [2.45, 2.75) is 46.0 Å². The lowest BCUT2D eigenvalue weighted by atomic mass is 9.92. The first-order valence-electron chi connectivity index (χ1n) is 6.69. The molecule has 3 nitrogen and oxygen atoms in total. The van der Waals surface area contributed by atoms with Crippen LogP contribution in [0.25, 0.3) is 11.0 Å². The first-order valence-corrected chi connectivity index (χ1v) is 6.69. The minimum atomic E-state index is -0.0801. The van der Waals surface area contributed by atoms with Gasteiger partial charge in [0.1, 0.15) is 5.69 Å². The van der Waals surface area contributed by atoms with Crippen LogP contribution in [0.1, 0.15) is 51.8 Å². The Hall–Kier alpha value is -1.64. The summed E-state index contributed by atoms with van der Waals surface area (Å²) in [5, 5.41) is 0. The van der Waals surface area contributed by atoms with E-state index in [4.69, 9.17) is 9.72 Å². The zero-order chi connectivity index (χ0) is 14.2. The molecular formula is C16H22N2O. The number of methoxy groups -OCH3 is 1. The van der Waals surface area contributed by atoms with Gasteiger partial charge >= 0.3 is 0 Å². The molecule has 0 fully saturated rings. The summed E-state index contributed by atoms with van der Waals surface area (Å²) in [5.74, 6) is 1.11. The van der Waals surface area contributed by atoms with Crippen molar-refractivity contribution in [3.63, 3.8) is 0 Å². The van der Waals surface area contributed by atoms with Crippen LogP contribution in [0, 0.1) is 0 Å². The summed E-state index contributed by atoms with van der Waals surface area (Å²) in [7, 11) is 1.65. The van der Waals surface area contributed by atoms with Crippen molar-refractivity contribution < 1.29 is 4.74 Å². The molecule has 19 heavy (non-hydrogen) atoms. The molecule has 0 aliphatic carbocycles. The van der Waals surface area contributed by atoms with Crippen LogP contribution in [0.2, 0.25) is 0 Å². The molecule has 0 N–H and O–H groups in total. The Morgan fingerprint density at radius 1 is 1.05 bits per heavy atom. The average molecular weight is 258 g/mol. The van der Waals surface area contributed by atoms with Gasteiger partial charge in [0.15, 0.2) is 0 Å². The summed E-state index contributed by atoms with van der Waals surface area (Å²) in [6, 6.07) is 6.27. The van der Waals surface area contributed by atoms with E-state index in [1.54, 1.807) is 7.11 Å². The number of benzene rings is 1. The highest BCUT2D eigenvalue weighted by Gasteiger charge is 2.22. The SMILES string of the molecule is COc1nc2cc(C(C)C)ccc2nc1C(C)(C)C. The van der Waals surface area contributed by atoms with Gasteiger partial charge in [-0.2, -0.15) is 0 Å². The van der Waals surface area contributed by atoms with E-state index < -0.39 is 0 Å². The highest BCUT2D eigenvalue weighted by Crippen LogP contribution is 2.30.